The van der Waals surface area contributed by atoms with E-state index in [1.807, 2.05) is 0 Å². The molecule has 1 atom stereocenters. The number of non-ortho nitro benzene ring substituents is 1. The molecule has 0 radical (unpaired) electrons. The summed E-state index contributed by atoms with van der Waals surface area (Å²) in [4.78, 5) is 22.4. The highest BCUT2D eigenvalue weighted by molar-refractivity contribution is 5.94. The van der Waals surface area contributed by atoms with Crippen LogP contribution in [0.4, 0.5) is 28.9 Å². The first-order valence-corrected chi connectivity index (χ1v) is 7.33. The van der Waals surface area contributed by atoms with Crippen LogP contribution in [-0.4, -0.2) is 20.6 Å². The molecule has 2 aromatic rings. The third-order valence-corrected chi connectivity index (χ3v) is 3.66. The van der Waals surface area contributed by atoms with Gasteiger partial charge in [-0.25, -0.2) is 17.6 Å². The maximum atomic E-state index is 13.0. The highest BCUT2D eigenvalue weighted by Crippen LogP contribution is 2.28. The second kappa shape index (κ2) is 7.50. The summed E-state index contributed by atoms with van der Waals surface area (Å²) in [6, 6.07) is 2.94. The number of hydrogen-bond donors (Lipinski definition) is 1. The van der Waals surface area contributed by atoms with Crippen molar-refractivity contribution in [1.82, 2.24) is 9.78 Å². The van der Waals surface area contributed by atoms with Gasteiger partial charge in [-0.2, -0.15) is 5.10 Å². The van der Waals surface area contributed by atoms with Crippen molar-refractivity contribution >= 4 is 17.3 Å². The smallest absolute Gasteiger partial charge is 0.282 e. The number of alkyl halides is 4. The summed E-state index contributed by atoms with van der Waals surface area (Å²) in [6.45, 7) is 2.74. The highest BCUT2D eigenvalue weighted by atomic mass is 19.3. The van der Waals surface area contributed by atoms with Crippen molar-refractivity contribution in [3.63, 3.8) is 0 Å². The Hall–Kier alpha value is -2.98. The third kappa shape index (κ3) is 3.98. The fraction of sp³-hybridized carbons (Fsp3) is 0.333. The highest BCUT2D eigenvalue weighted by Gasteiger charge is 2.27. The second-order valence-corrected chi connectivity index (χ2v) is 5.46. The van der Waals surface area contributed by atoms with Gasteiger partial charge in [-0.1, -0.05) is 0 Å². The average Bonchev–Trinajstić information content (AvgIpc) is 3.01. The minimum absolute atomic E-state index is 0.179. The van der Waals surface area contributed by atoms with Gasteiger partial charge in [-0.15, -0.1) is 0 Å². The Morgan fingerprint density at radius 1 is 1.23 bits per heavy atom. The molecule has 0 aliphatic rings. The van der Waals surface area contributed by atoms with E-state index in [0.717, 1.165) is 0 Å². The van der Waals surface area contributed by atoms with Crippen LogP contribution in [0, 0.1) is 17.0 Å². The summed E-state index contributed by atoms with van der Waals surface area (Å²) in [5.74, 6) is -0.784. The summed E-state index contributed by atoms with van der Waals surface area (Å²) >= 11 is 0. The minimum atomic E-state index is -3.09. The number of benzene rings is 1. The van der Waals surface area contributed by atoms with Crippen LogP contribution >= 0.6 is 0 Å². The first-order valence-electron chi connectivity index (χ1n) is 7.33. The van der Waals surface area contributed by atoms with Gasteiger partial charge in [0.1, 0.15) is 17.4 Å². The Bertz CT molecular complexity index is 838. The van der Waals surface area contributed by atoms with Crippen LogP contribution < -0.4 is 5.32 Å². The average molecular weight is 374 g/mol. The van der Waals surface area contributed by atoms with Crippen LogP contribution in [0.25, 0.3) is 0 Å². The number of aromatic nitrogens is 2. The van der Waals surface area contributed by atoms with E-state index in [2.05, 4.69) is 10.4 Å². The van der Waals surface area contributed by atoms with E-state index in [4.69, 9.17) is 0 Å². The number of anilines is 1. The molecule has 0 saturated carbocycles. The van der Waals surface area contributed by atoms with Gasteiger partial charge in [-0.3, -0.25) is 19.6 Å². The van der Waals surface area contributed by atoms with Crippen LogP contribution in [0.15, 0.2) is 24.3 Å². The number of halogens is 4. The lowest BCUT2D eigenvalue weighted by Crippen LogP contribution is -2.26. The zero-order valence-electron chi connectivity index (χ0n) is 13.6. The van der Waals surface area contributed by atoms with Crippen molar-refractivity contribution in [3.8, 4) is 0 Å². The molecule has 140 valence electrons. The maximum absolute atomic E-state index is 13.0. The molecule has 26 heavy (non-hydrogen) atoms. The Morgan fingerprint density at radius 3 is 2.38 bits per heavy atom. The lowest BCUT2D eigenvalue weighted by Gasteiger charge is -2.16. The summed E-state index contributed by atoms with van der Waals surface area (Å²) in [5.41, 5.74) is -1.23. The number of aryl methyl sites for hydroxylation is 1. The molecule has 7 nitrogen and oxygen atoms in total. The predicted molar refractivity (Wildman–Crippen MR) is 83.3 cm³/mol. The van der Waals surface area contributed by atoms with Crippen molar-refractivity contribution < 1.29 is 27.3 Å². The van der Waals surface area contributed by atoms with Gasteiger partial charge in [-0.05, 0) is 31.5 Å². The molecule has 0 spiro atoms. The lowest BCUT2D eigenvalue weighted by molar-refractivity contribution is -0.384. The molecule has 0 aliphatic carbocycles. The van der Waals surface area contributed by atoms with Gasteiger partial charge >= 0.3 is 0 Å². The normalized spacial score (nSPS) is 12.5. The van der Waals surface area contributed by atoms with E-state index in [0.29, 0.717) is 16.3 Å². The van der Waals surface area contributed by atoms with Gasteiger partial charge < -0.3 is 5.32 Å². The van der Waals surface area contributed by atoms with Crippen LogP contribution in [0.3, 0.4) is 0 Å². The standard InChI is InChI=1S/C15H14F4N4O3/c1-7-5-9(23(25)26)3-4-10(7)20-15(24)8(2)22-12(14(18)19)6-11(21-22)13(16)17/h3-6,8,13-14H,1-2H3,(H,20,24). The maximum Gasteiger partial charge on any atom is 0.282 e. The van der Waals surface area contributed by atoms with Crippen LogP contribution in [-0.2, 0) is 4.79 Å². The fourth-order valence-corrected chi connectivity index (χ4v) is 2.26. The summed E-state index contributed by atoms with van der Waals surface area (Å²) in [5, 5.41) is 16.5. The first kappa shape index (κ1) is 19.3. The van der Waals surface area contributed by atoms with E-state index >= 15 is 0 Å². The van der Waals surface area contributed by atoms with Gasteiger partial charge in [0, 0.05) is 17.8 Å². The van der Waals surface area contributed by atoms with Crippen molar-refractivity contribution in [2.24, 2.45) is 0 Å². The SMILES string of the molecule is Cc1cc([N+](=O)[O-])ccc1NC(=O)C(C)n1nc(C(F)F)cc1C(F)F. The van der Waals surface area contributed by atoms with Gasteiger partial charge in [0.05, 0.1) is 4.92 Å². The fourth-order valence-electron chi connectivity index (χ4n) is 2.26. The molecular formula is C15H14F4N4O3. The number of nitrogens with zero attached hydrogens (tertiary/aromatic N) is 3. The summed E-state index contributed by atoms with van der Waals surface area (Å²) < 4.78 is 52.0. The molecule has 1 unspecified atom stereocenters. The van der Waals surface area contributed by atoms with Crippen molar-refractivity contribution in [2.45, 2.75) is 32.7 Å². The molecule has 0 saturated heterocycles. The predicted octanol–water partition coefficient (Wildman–Crippen LogP) is 4.17. The molecule has 11 heteroatoms. The molecule has 0 fully saturated rings. The Labute approximate surface area is 144 Å². The number of carbonyl (C=O) groups is 1. The zero-order chi connectivity index (χ0) is 19.6. The number of rotatable bonds is 6. The first-order chi connectivity index (χ1) is 12.1. The second-order valence-electron chi connectivity index (χ2n) is 5.46. The van der Waals surface area contributed by atoms with E-state index < -0.39 is 41.1 Å². The number of hydrogen-bond acceptors (Lipinski definition) is 4. The molecule has 1 aromatic carbocycles. The van der Waals surface area contributed by atoms with Crippen molar-refractivity contribution in [3.05, 3.63) is 51.3 Å². The summed E-state index contributed by atoms with van der Waals surface area (Å²) in [6.07, 6.45) is -6.15. The molecular weight excluding hydrogens is 360 g/mol. The molecule has 1 amide bonds. The van der Waals surface area contributed by atoms with E-state index in [1.165, 1.54) is 32.0 Å². The number of nitro groups is 1. The van der Waals surface area contributed by atoms with Crippen LogP contribution in [0.2, 0.25) is 0 Å². The van der Waals surface area contributed by atoms with Gasteiger partial charge in [0.15, 0.2) is 0 Å². The zero-order valence-corrected chi connectivity index (χ0v) is 13.6. The largest absolute Gasteiger partial charge is 0.324 e. The molecule has 1 N–H and O–H groups in total. The van der Waals surface area contributed by atoms with Crippen LogP contribution in [0.1, 0.15) is 42.8 Å². The Balaban J connectivity index is 2.26. The molecule has 1 heterocycles. The number of carbonyl (C=O) groups excluding carboxylic acids is 1. The molecule has 2 rings (SSSR count). The quantitative estimate of drug-likeness (QED) is 0.467. The van der Waals surface area contributed by atoms with E-state index in [-0.39, 0.29) is 11.4 Å². The van der Waals surface area contributed by atoms with Crippen molar-refractivity contribution in [1.29, 1.82) is 0 Å². The molecule has 0 aliphatic heterocycles. The number of nitrogens with one attached hydrogen (secondary N) is 1. The van der Waals surface area contributed by atoms with E-state index in [1.54, 1.807) is 0 Å². The third-order valence-electron chi connectivity index (χ3n) is 3.66. The van der Waals surface area contributed by atoms with E-state index in [9.17, 15) is 32.5 Å². The summed E-state index contributed by atoms with van der Waals surface area (Å²) in [7, 11) is 0. The number of nitro benzene ring substituents is 1. The monoisotopic (exact) mass is 374 g/mol. The molecule has 1 aromatic heterocycles. The number of amides is 1. The van der Waals surface area contributed by atoms with Gasteiger partial charge in [0.25, 0.3) is 18.5 Å². The Morgan fingerprint density at radius 2 is 1.88 bits per heavy atom. The Kier molecular flexibility index (Phi) is 5.58. The van der Waals surface area contributed by atoms with Gasteiger partial charge in [0.2, 0.25) is 5.91 Å². The van der Waals surface area contributed by atoms with Crippen molar-refractivity contribution in [2.75, 3.05) is 5.32 Å². The lowest BCUT2D eigenvalue weighted by atomic mass is 10.1. The molecule has 0 bridgehead atoms. The topological polar surface area (TPSA) is 90.1 Å². The van der Waals surface area contributed by atoms with Crippen LogP contribution in [0.5, 0.6) is 0 Å². The minimum Gasteiger partial charge on any atom is -0.324 e.